The molecule has 0 saturated carbocycles. The van der Waals surface area contributed by atoms with Crippen molar-refractivity contribution in [2.24, 2.45) is 0 Å². The minimum Gasteiger partial charge on any atom is -0.425 e. The van der Waals surface area contributed by atoms with Crippen LogP contribution >= 0.6 is 11.7 Å². The zero-order valence-corrected chi connectivity index (χ0v) is 15.2. The maximum absolute atomic E-state index is 13.2. The molecule has 0 radical (unpaired) electrons. The lowest BCUT2D eigenvalue weighted by Crippen LogP contribution is -2.42. The maximum Gasteiger partial charge on any atom is 0.329 e. The summed E-state index contributed by atoms with van der Waals surface area (Å²) in [5.41, 5.74) is 0.860. The summed E-state index contributed by atoms with van der Waals surface area (Å²) >= 11 is 0.960. The van der Waals surface area contributed by atoms with Gasteiger partial charge >= 0.3 is 5.97 Å². The van der Waals surface area contributed by atoms with E-state index in [1.807, 2.05) is 6.07 Å². The summed E-state index contributed by atoms with van der Waals surface area (Å²) in [6.07, 6.45) is 1.02. The number of carbonyl (C=O) groups excluding carboxylic acids is 1. The van der Waals surface area contributed by atoms with Crippen LogP contribution in [-0.2, 0) is 14.8 Å². The molecule has 1 fully saturated rings. The lowest BCUT2D eigenvalue weighted by atomic mass is 10.2. The second-order valence-electron chi connectivity index (χ2n) is 5.90. The Morgan fingerprint density at radius 2 is 1.92 bits per heavy atom. The summed E-state index contributed by atoms with van der Waals surface area (Å²) in [6.45, 7) is 0.269. The average Bonchev–Trinajstić information content (AvgIpc) is 3.31. The number of sulfonamides is 1. The molecule has 1 aliphatic rings. The van der Waals surface area contributed by atoms with Crippen molar-refractivity contribution in [3.63, 3.8) is 0 Å². The number of fused-ring (bicyclic) bond motifs is 1. The molecule has 1 aliphatic heterocycles. The summed E-state index contributed by atoms with van der Waals surface area (Å²) in [5.74, 6) is -0.173. The molecule has 2 heterocycles. The standard InChI is InChI=1S/C17H15N3O4S2/c21-17(24-12-6-2-1-3-7-12)14-9-5-11-20(14)26(22,23)15-10-4-8-13-16(15)19-25-18-13/h1-4,6-8,10,14H,5,9,11H2/t14-/m1/s1. The van der Waals surface area contributed by atoms with Crippen LogP contribution in [0, 0.1) is 0 Å². The molecule has 0 aliphatic carbocycles. The van der Waals surface area contributed by atoms with Gasteiger partial charge in [0.05, 0.1) is 11.7 Å². The molecule has 3 aromatic rings. The van der Waals surface area contributed by atoms with Gasteiger partial charge in [0.2, 0.25) is 10.0 Å². The number of nitrogens with zero attached hydrogens (tertiary/aromatic N) is 3. The molecule has 2 aromatic carbocycles. The molecular formula is C17H15N3O4S2. The highest BCUT2D eigenvalue weighted by Gasteiger charge is 2.41. The molecule has 1 atom stereocenters. The smallest absolute Gasteiger partial charge is 0.329 e. The summed E-state index contributed by atoms with van der Waals surface area (Å²) in [6, 6.07) is 12.6. The number of esters is 1. The van der Waals surface area contributed by atoms with Crippen molar-refractivity contribution in [1.29, 1.82) is 0 Å². The van der Waals surface area contributed by atoms with E-state index in [0.717, 1.165) is 11.7 Å². The Morgan fingerprint density at radius 3 is 2.73 bits per heavy atom. The molecule has 0 amide bonds. The van der Waals surface area contributed by atoms with Crippen LogP contribution in [0.2, 0.25) is 0 Å². The number of rotatable bonds is 4. The SMILES string of the molecule is O=C(Oc1ccccc1)[C@H]1CCCN1S(=O)(=O)c1cccc2nsnc12. The molecule has 134 valence electrons. The monoisotopic (exact) mass is 389 g/mol. The predicted molar refractivity (Wildman–Crippen MR) is 96.4 cm³/mol. The number of ether oxygens (including phenoxy) is 1. The van der Waals surface area contributed by atoms with Crippen LogP contribution in [0.1, 0.15) is 12.8 Å². The molecule has 7 nitrogen and oxygen atoms in total. The first-order valence-electron chi connectivity index (χ1n) is 8.07. The van der Waals surface area contributed by atoms with Gasteiger partial charge in [-0.3, -0.25) is 0 Å². The van der Waals surface area contributed by atoms with E-state index in [1.54, 1.807) is 36.4 Å². The van der Waals surface area contributed by atoms with Gasteiger partial charge in [-0.05, 0) is 37.1 Å². The molecule has 0 unspecified atom stereocenters. The lowest BCUT2D eigenvalue weighted by Gasteiger charge is -2.22. The number of benzene rings is 2. The lowest BCUT2D eigenvalue weighted by molar-refractivity contribution is -0.137. The molecule has 26 heavy (non-hydrogen) atoms. The number of aromatic nitrogens is 2. The van der Waals surface area contributed by atoms with Gasteiger partial charge in [0.25, 0.3) is 0 Å². The zero-order valence-electron chi connectivity index (χ0n) is 13.6. The van der Waals surface area contributed by atoms with Crippen LogP contribution in [0.5, 0.6) is 5.75 Å². The highest BCUT2D eigenvalue weighted by molar-refractivity contribution is 7.89. The third-order valence-corrected chi connectivity index (χ3v) is 6.76. The summed E-state index contributed by atoms with van der Waals surface area (Å²) in [5, 5.41) is 0. The van der Waals surface area contributed by atoms with Gasteiger partial charge in [-0.2, -0.15) is 13.1 Å². The highest BCUT2D eigenvalue weighted by Crippen LogP contribution is 2.30. The summed E-state index contributed by atoms with van der Waals surface area (Å²) in [7, 11) is -3.89. The van der Waals surface area contributed by atoms with E-state index < -0.39 is 22.0 Å². The van der Waals surface area contributed by atoms with Crippen molar-refractivity contribution in [3.8, 4) is 5.75 Å². The van der Waals surface area contributed by atoms with E-state index in [0.29, 0.717) is 29.6 Å². The Hall–Kier alpha value is -2.36. The Bertz CT molecular complexity index is 1050. The van der Waals surface area contributed by atoms with E-state index in [2.05, 4.69) is 8.75 Å². The highest BCUT2D eigenvalue weighted by atomic mass is 32.2. The Kier molecular flexibility index (Phi) is 4.43. The molecule has 0 bridgehead atoms. The first kappa shape index (κ1) is 17.1. The first-order valence-corrected chi connectivity index (χ1v) is 10.2. The molecule has 1 aromatic heterocycles. The van der Waals surface area contributed by atoms with E-state index in [1.165, 1.54) is 10.4 Å². The van der Waals surface area contributed by atoms with Crippen LogP contribution < -0.4 is 4.74 Å². The summed E-state index contributed by atoms with van der Waals surface area (Å²) in [4.78, 5) is 12.6. The molecule has 0 N–H and O–H groups in total. The molecule has 0 spiro atoms. The van der Waals surface area contributed by atoms with Gasteiger partial charge in [0.15, 0.2) is 0 Å². The van der Waals surface area contributed by atoms with Gasteiger partial charge in [-0.15, -0.1) is 0 Å². The fraction of sp³-hybridized carbons (Fsp3) is 0.235. The fourth-order valence-electron chi connectivity index (χ4n) is 3.05. The van der Waals surface area contributed by atoms with Gasteiger partial charge < -0.3 is 4.74 Å². The van der Waals surface area contributed by atoms with Crippen LogP contribution in [-0.4, -0.2) is 40.0 Å². The Balaban J connectivity index is 1.65. The molecular weight excluding hydrogens is 374 g/mol. The van der Waals surface area contributed by atoms with Crippen LogP contribution in [0.25, 0.3) is 11.0 Å². The van der Waals surface area contributed by atoms with Gasteiger partial charge in [-0.1, -0.05) is 24.3 Å². The second kappa shape index (κ2) is 6.75. The fourth-order valence-corrected chi connectivity index (χ4v) is 5.45. The largest absolute Gasteiger partial charge is 0.425 e. The van der Waals surface area contributed by atoms with E-state index in [9.17, 15) is 13.2 Å². The third kappa shape index (κ3) is 2.98. The minimum absolute atomic E-state index is 0.0724. The Morgan fingerprint density at radius 1 is 1.12 bits per heavy atom. The summed E-state index contributed by atoms with van der Waals surface area (Å²) < 4.78 is 41.1. The van der Waals surface area contributed by atoms with E-state index in [4.69, 9.17) is 4.74 Å². The number of hydrogen-bond acceptors (Lipinski definition) is 7. The van der Waals surface area contributed by atoms with Crippen molar-refractivity contribution >= 4 is 38.8 Å². The normalized spacial score (nSPS) is 18.2. The van der Waals surface area contributed by atoms with Crippen molar-refractivity contribution in [2.75, 3.05) is 6.54 Å². The van der Waals surface area contributed by atoms with Crippen LogP contribution in [0.4, 0.5) is 0 Å². The van der Waals surface area contributed by atoms with Crippen LogP contribution in [0.3, 0.4) is 0 Å². The number of para-hydroxylation sites is 1. The van der Waals surface area contributed by atoms with Crippen molar-refractivity contribution in [3.05, 3.63) is 48.5 Å². The van der Waals surface area contributed by atoms with E-state index in [-0.39, 0.29) is 11.4 Å². The van der Waals surface area contributed by atoms with Gasteiger partial charge in [0.1, 0.15) is 27.7 Å². The predicted octanol–water partition coefficient (Wildman–Crippen LogP) is 2.45. The topological polar surface area (TPSA) is 89.5 Å². The average molecular weight is 389 g/mol. The zero-order chi connectivity index (χ0) is 18.1. The number of carbonyl (C=O) groups is 1. The van der Waals surface area contributed by atoms with Gasteiger partial charge in [0, 0.05) is 6.54 Å². The Labute approximate surface area is 154 Å². The third-order valence-electron chi connectivity index (χ3n) is 4.27. The maximum atomic E-state index is 13.2. The van der Waals surface area contributed by atoms with Crippen LogP contribution in [0.15, 0.2) is 53.4 Å². The van der Waals surface area contributed by atoms with E-state index >= 15 is 0 Å². The quantitative estimate of drug-likeness (QED) is 0.503. The molecule has 1 saturated heterocycles. The van der Waals surface area contributed by atoms with Crippen molar-refractivity contribution < 1.29 is 17.9 Å². The minimum atomic E-state index is -3.89. The molecule has 4 rings (SSSR count). The van der Waals surface area contributed by atoms with Gasteiger partial charge in [-0.25, -0.2) is 13.2 Å². The van der Waals surface area contributed by atoms with Crippen molar-refractivity contribution in [2.45, 2.75) is 23.8 Å². The molecule has 9 heteroatoms. The number of hydrogen-bond donors (Lipinski definition) is 0. The first-order chi connectivity index (χ1) is 12.6. The van der Waals surface area contributed by atoms with Crippen molar-refractivity contribution in [1.82, 2.24) is 13.1 Å². The second-order valence-corrected chi connectivity index (χ2v) is 8.28.